The van der Waals surface area contributed by atoms with Crippen molar-refractivity contribution in [3.63, 3.8) is 0 Å². The lowest BCUT2D eigenvalue weighted by Crippen LogP contribution is -2.07. The molecule has 3 nitrogen and oxygen atoms in total. The molecule has 0 unspecified atom stereocenters. The van der Waals surface area contributed by atoms with Crippen molar-refractivity contribution in [2.24, 2.45) is 0 Å². The van der Waals surface area contributed by atoms with Crippen molar-refractivity contribution < 1.29 is 14.6 Å². The quantitative estimate of drug-likeness (QED) is 0.908. The molecule has 1 N–H and O–H groups in total. The Morgan fingerprint density at radius 3 is 2.38 bits per heavy atom. The summed E-state index contributed by atoms with van der Waals surface area (Å²) in [4.78, 5) is 11.0. The van der Waals surface area contributed by atoms with Gasteiger partial charge in [0.25, 0.3) is 0 Å². The van der Waals surface area contributed by atoms with Crippen LogP contribution in [0.4, 0.5) is 0 Å². The van der Waals surface area contributed by atoms with Gasteiger partial charge in [-0.05, 0) is 43.0 Å². The number of ether oxygens (including phenoxy) is 1. The van der Waals surface area contributed by atoms with Crippen LogP contribution in [0.3, 0.4) is 0 Å². The number of aryl methyl sites for hydroxylation is 1. The highest BCUT2D eigenvalue weighted by Gasteiger charge is 2.14. The van der Waals surface area contributed by atoms with E-state index < -0.39 is 5.97 Å². The van der Waals surface area contributed by atoms with E-state index in [4.69, 9.17) is 9.84 Å². The van der Waals surface area contributed by atoms with Gasteiger partial charge in [-0.15, -0.1) is 0 Å². The minimum Gasteiger partial charge on any atom is -0.488 e. The zero-order chi connectivity index (χ0) is 15.4. The van der Waals surface area contributed by atoms with Gasteiger partial charge in [-0.25, -0.2) is 0 Å². The van der Waals surface area contributed by atoms with E-state index in [0.717, 1.165) is 27.8 Å². The number of benzene rings is 2. The molecule has 0 atom stereocenters. The summed E-state index contributed by atoms with van der Waals surface area (Å²) in [6.07, 6.45) is -0.0217. The van der Waals surface area contributed by atoms with Crippen LogP contribution in [-0.2, 0) is 17.8 Å². The predicted molar refractivity (Wildman–Crippen MR) is 82.8 cm³/mol. The van der Waals surface area contributed by atoms with Gasteiger partial charge < -0.3 is 9.84 Å². The fraction of sp³-hybridized carbons (Fsp3) is 0.278. The average molecular weight is 284 g/mol. The van der Waals surface area contributed by atoms with Crippen LogP contribution in [0.5, 0.6) is 5.75 Å². The van der Waals surface area contributed by atoms with Gasteiger partial charge in [0.2, 0.25) is 0 Å². The summed E-state index contributed by atoms with van der Waals surface area (Å²) >= 11 is 0. The lowest BCUT2D eigenvalue weighted by Gasteiger charge is -2.17. The van der Waals surface area contributed by atoms with Gasteiger partial charge in [-0.3, -0.25) is 4.79 Å². The molecule has 0 heterocycles. The van der Waals surface area contributed by atoms with E-state index in [9.17, 15) is 4.79 Å². The van der Waals surface area contributed by atoms with Crippen molar-refractivity contribution in [1.82, 2.24) is 0 Å². The molecule has 2 aromatic rings. The molecule has 21 heavy (non-hydrogen) atoms. The minimum absolute atomic E-state index is 0.0217. The first kappa shape index (κ1) is 15.1. The summed E-state index contributed by atoms with van der Waals surface area (Å²) in [5.41, 5.74) is 5.06. The Morgan fingerprint density at radius 1 is 1.10 bits per heavy atom. The van der Waals surface area contributed by atoms with Crippen molar-refractivity contribution in [3.05, 3.63) is 64.2 Å². The number of aliphatic carboxylic acids is 1. The number of hydrogen-bond donors (Lipinski definition) is 1. The van der Waals surface area contributed by atoms with E-state index in [2.05, 4.69) is 0 Å². The second-order valence-electron chi connectivity index (χ2n) is 5.28. The zero-order valence-electron chi connectivity index (χ0n) is 12.6. The Balaban J connectivity index is 2.31. The van der Waals surface area contributed by atoms with Crippen LogP contribution < -0.4 is 4.74 Å². The van der Waals surface area contributed by atoms with E-state index in [1.165, 1.54) is 0 Å². The maximum atomic E-state index is 11.0. The summed E-state index contributed by atoms with van der Waals surface area (Å²) in [6, 6.07) is 11.8. The first-order valence-electron chi connectivity index (χ1n) is 6.97. The molecule has 3 heteroatoms. The van der Waals surface area contributed by atoms with Crippen LogP contribution in [0.15, 0.2) is 36.4 Å². The van der Waals surface area contributed by atoms with Crippen LogP contribution in [0, 0.1) is 20.8 Å². The van der Waals surface area contributed by atoms with Crippen molar-refractivity contribution in [2.45, 2.75) is 33.8 Å². The largest absolute Gasteiger partial charge is 0.488 e. The number of carboxylic acids is 1. The molecule has 2 rings (SSSR count). The second kappa shape index (κ2) is 6.44. The van der Waals surface area contributed by atoms with Crippen LogP contribution in [0.25, 0.3) is 0 Å². The molecule has 0 spiro atoms. The molecule has 0 bridgehead atoms. The monoisotopic (exact) mass is 284 g/mol. The van der Waals surface area contributed by atoms with Crippen LogP contribution in [0.2, 0.25) is 0 Å². The van der Waals surface area contributed by atoms with Crippen molar-refractivity contribution in [2.75, 3.05) is 0 Å². The second-order valence-corrected chi connectivity index (χ2v) is 5.28. The maximum absolute atomic E-state index is 11.0. The summed E-state index contributed by atoms with van der Waals surface area (Å²) in [5, 5.41) is 9.07. The number of rotatable bonds is 5. The molecular weight excluding hydrogens is 264 g/mol. The van der Waals surface area contributed by atoms with Crippen LogP contribution in [-0.4, -0.2) is 11.1 Å². The van der Waals surface area contributed by atoms with Crippen molar-refractivity contribution in [1.29, 1.82) is 0 Å². The molecule has 0 aliphatic carbocycles. The molecule has 0 saturated heterocycles. The molecule has 0 aromatic heterocycles. The summed E-state index contributed by atoms with van der Waals surface area (Å²) in [5.74, 6) is -0.147. The molecule has 0 fully saturated rings. The molecular formula is C18H20O3. The number of hydrogen-bond acceptors (Lipinski definition) is 2. The molecule has 2 aromatic carbocycles. The smallest absolute Gasteiger partial charge is 0.307 e. The lowest BCUT2D eigenvalue weighted by molar-refractivity contribution is -0.136. The van der Waals surface area contributed by atoms with Gasteiger partial charge in [0.1, 0.15) is 12.4 Å². The van der Waals surface area contributed by atoms with Gasteiger partial charge in [0.15, 0.2) is 0 Å². The fourth-order valence-electron chi connectivity index (χ4n) is 2.37. The standard InChI is InChI=1S/C18H20O3/c1-12-9-16(10-17(19)20)18(14(3)13(12)2)21-11-15-7-5-4-6-8-15/h4-9H,10-11H2,1-3H3,(H,19,20). The number of carboxylic acid groups (broad SMARTS) is 1. The Labute approximate surface area is 125 Å². The topological polar surface area (TPSA) is 46.5 Å². The molecule has 110 valence electrons. The molecule has 0 amide bonds. The summed E-state index contributed by atoms with van der Waals surface area (Å²) in [6.45, 7) is 6.45. The Bertz CT molecular complexity index is 645. The third-order valence-electron chi connectivity index (χ3n) is 3.74. The highest BCUT2D eigenvalue weighted by atomic mass is 16.5. The Morgan fingerprint density at radius 2 is 1.76 bits per heavy atom. The van der Waals surface area contributed by atoms with Gasteiger partial charge in [-0.2, -0.15) is 0 Å². The fourth-order valence-corrected chi connectivity index (χ4v) is 2.37. The minimum atomic E-state index is -0.845. The van der Waals surface area contributed by atoms with E-state index in [-0.39, 0.29) is 6.42 Å². The van der Waals surface area contributed by atoms with Gasteiger partial charge >= 0.3 is 5.97 Å². The van der Waals surface area contributed by atoms with Crippen molar-refractivity contribution >= 4 is 5.97 Å². The maximum Gasteiger partial charge on any atom is 0.307 e. The summed E-state index contributed by atoms with van der Waals surface area (Å²) < 4.78 is 5.93. The Kier molecular flexibility index (Phi) is 4.63. The average Bonchev–Trinajstić information content (AvgIpc) is 2.45. The first-order valence-corrected chi connectivity index (χ1v) is 6.97. The van der Waals surface area contributed by atoms with Gasteiger partial charge in [0, 0.05) is 5.56 Å². The molecule has 0 aliphatic heterocycles. The molecule has 0 saturated carbocycles. The normalized spacial score (nSPS) is 10.4. The van der Waals surface area contributed by atoms with Crippen LogP contribution in [0.1, 0.15) is 27.8 Å². The van der Waals surface area contributed by atoms with E-state index >= 15 is 0 Å². The van der Waals surface area contributed by atoms with E-state index in [1.807, 2.05) is 57.2 Å². The summed E-state index contributed by atoms with van der Waals surface area (Å²) in [7, 11) is 0. The highest BCUT2D eigenvalue weighted by molar-refractivity contribution is 5.72. The first-order chi connectivity index (χ1) is 9.99. The third kappa shape index (κ3) is 3.63. The van der Waals surface area contributed by atoms with E-state index in [0.29, 0.717) is 12.4 Å². The molecule has 0 aliphatic rings. The highest BCUT2D eigenvalue weighted by Crippen LogP contribution is 2.30. The number of carbonyl (C=O) groups is 1. The predicted octanol–water partition coefficient (Wildman–Crippen LogP) is 3.82. The third-order valence-corrected chi connectivity index (χ3v) is 3.74. The lowest BCUT2D eigenvalue weighted by atomic mass is 9.97. The van der Waals surface area contributed by atoms with Gasteiger partial charge in [0.05, 0.1) is 6.42 Å². The van der Waals surface area contributed by atoms with E-state index in [1.54, 1.807) is 0 Å². The van der Waals surface area contributed by atoms with Crippen LogP contribution >= 0.6 is 0 Å². The van der Waals surface area contributed by atoms with Crippen molar-refractivity contribution in [3.8, 4) is 5.75 Å². The SMILES string of the molecule is Cc1cc(CC(=O)O)c(OCc2ccccc2)c(C)c1C. The Hall–Kier alpha value is -2.29. The van der Waals surface area contributed by atoms with Gasteiger partial charge in [-0.1, -0.05) is 36.4 Å². The zero-order valence-corrected chi connectivity index (χ0v) is 12.6. The molecule has 0 radical (unpaired) electrons.